The highest BCUT2D eigenvalue weighted by atomic mass is 19.1. The smallest absolute Gasteiger partial charge is 0.414 e. The third-order valence-corrected chi connectivity index (χ3v) is 5.61. The van der Waals surface area contributed by atoms with Crippen LogP contribution in [0.25, 0.3) is 22.6 Å². The van der Waals surface area contributed by atoms with E-state index in [1.165, 1.54) is 11.0 Å². The number of pyridine rings is 1. The maximum Gasteiger partial charge on any atom is 0.414 e. The van der Waals surface area contributed by atoms with Gasteiger partial charge in [0, 0.05) is 23.9 Å². The zero-order valence-electron chi connectivity index (χ0n) is 18.6. The number of ether oxygens (including phenoxy) is 1. The molecule has 0 spiro atoms. The standard InChI is InChI=1S/C22H26FN7O3/c1-3-28(4-2)9-10-30-26-21(25-27-30)20-8-5-15(12-24-20)18-7-6-16(11-19(18)23)29-13-17(14-31)33-22(29)32/h5-8,11-12,17,31H,3-4,9-10,13-14H2,1-2H3/t17-/m1/s1. The van der Waals surface area contributed by atoms with Crippen molar-refractivity contribution in [2.24, 2.45) is 0 Å². The van der Waals surface area contributed by atoms with Gasteiger partial charge in [-0.1, -0.05) is 19.9 Å². The Bertz CT molecular complexity index is 1100. The molecule has 1 fully saturated rings. The van der Waals surface area contributed by atoms with E-state index in [0.29, 0.717) is 34.9 Å². The zero-order chi connectivity index (χ0) is 23.4. The summed E-state index contributed by atoms with van der Waals surface area (Å²) in [6.07, 6.45) is 0.335. The minimum atomic E-state index is -0.610. The van der Waals surface area contributed by atoms with Crippen molar-refractivity contribution in [2.75, 3.05) is 37.7 Å². The molecule has 1 saturated heterocycles. The molecule has 2 aromatic heterocycles. The molecule has 1 aliphatic heterocycles. The number of nitrogens with zero attached hydrogens (tertiary/aromatic N) is 7. The van der Waals surface area contributed by atoms with E-state index in [9.17, 15) is 14.3 Å². The minimum Gasteiger partial charge on any atom is -0.441 e. The van der Waals surface area contributed by atoms with Gasteiger partial charge in [0.05, 0.1) is 25.4 Å². The molecule has 3 aromatic rings. The second kappa shape index (κ2) is 10.0. The van der Waals surface area contributed by atoms with Crippen LogP contribution in [0.2, 0.25) is 0 Å². The Balaban J connectivity index is 1.46. The van der Waals surface area contributed by atoms with Crippen LogP contribution < -0.4 is 4.90 Å². The fraction of sp³-hybridized carbons (Fsp3) is 0.409. The zero-order valence-corrected chi connectivity index (χ0v) is 18.6. The Morgan fingerprint density at radius 3 is 2.70 bits per heavy atom. The van der Waals surface area contributed by atoms with Crippen molar-refractivity contribution in [3.8, 4) is 22.6 Å². The average Bonchev–Trinajstić information content (AvgIpc) is 3.46. The molecule has 0 unspecified atom stereocenters. The molecular weight excluding hydrogens is 429 g/mol. The predicted molar refractivity (Wildman–Crippen MR) is 119 cm³/mol. The SMILES string of the molecule is CCN(CC)CCn1nnc(-c2ccc(-c3ccc(N4C[C@H](CO)OC4=O)cc3F)cn2)n1. The largest absolute Gasteiger partial charge is 0.441 e. The van der Waals surface area contributed by atoms with E-state index >= 15 is 0 Å². The van der Waals surface area contributed by atoms with Gasteiger partial charge in [-0.2, -0.15) is 4.80 Å². The van der Waals surface area contributed by atoms with Crippen LogP contribution in [0.5, 0.6) is 0 Å². The van der Waals surface area contributed by atoms with Crippen LogP contribution in [-0.4, -0.2) is 80.2 Å². The lowest BCUT2D eigenvalue weighted by Crippen LogP contribution is -2.27. The van der Waals surface area contributed by atoms with Crippen molar-refractivity contribution in [2.45, 2.75) is 26.5 Å². The number of tetrazole rings is 1. The first-order valence-corrected chi connectivity index (χ1v) is 10.9. The number of aliphatic hydroxyl groups excluding tert-OH is 1. The van der Waals surface area contributed by atoms with Crippen molar-refractivity contribution < 1.29 is 19.0 Å². The number of cyclic esters (lactones) is 1. The lowest BCUT2D eigenvalue weighted by Gasteiger charge is -2.16. The number of halogens is 1. The maximum absolute atomic E-state index is 14.8. The van der Waals surface area contributed by atoms with Gasteiger partial charge in [-0.3, -0.25) is 9.88 Å². The number of benzene rings is 1. The van der Waals surface area contributed by atoms with Crippen LogP contribution in [0.15, 0.2) is 36.5 Å². The molecule has 174 valence electrons. The van der Waals surface area contributed by atoms with Crippen molar-refractivity contribution in [1.82, 2.24) is 30.1 Å². The van der Waals surface area contributed by atoms with E-state index in [2.05, 4.69) is 39.1 Å². The van der Waals surface area contributed by atoms with E-state index in [-0.39, 0.29) is 13.2 Å². The van der Waals surface area contributed by atoms with Gasteiger partial charge >= 0.3 is 6.09 Å². The van der Waals surface area contributed by atoms with Crippen molar-refractivity contribution in [1.29, 1.82) is 0 Å². The molecule has 1 aliphatic rings. The number of amides is 1. The number of rotatable bonds is 9. The predicted octanol–water partition coefficient (Wildman–Crippen LogP) is 2.20. The fourth-order valence-electron chi connectivity index (χ4n) is 3.63. The Morgan fingerprint density at radius 1 is 1.24 bits per heavy atom. The summed E-state index contributed by atoms with van der Waals surface area (Å²) in [6, 6.07) is 7.95. The minimum absolute atomic E-state index is 0.174. The number of aromatic nitrogens is 5. The molecule has 11 heteroatoms. The van der Waals surface area contributed by atoms with Gasteiger partial charge in [-0.15, -0.1) is 10.2 Å². The monoisotopic (exact) mass is 455 g/mol. The van der Waals surface area contributed by atoms with Crippen LogP contribution >= 0.6 is 0 Å². The molecule has 1 N–H and O–H groups in total. The molecular formula is C22H26FN7O3. The number of hydrogen-bond acceptors (Lipinski definition) is 8. The van der Waals surface area contributed by atoms with Crippen molar-refractivity contribution >= 4 is 11.8 Å². The summed E-state index contributed by atoms with van der Waals surface area (Å²) < 4.78 is 19.8. The van der Waals surface area contributed by atoms with E-state index in [4.69, 9.17) is 4.74 Å². The van der Waals surface area contributed by atoms with Gasteiger partial charge in [0.2, 0.25) is 5.82 Å². The lowest BCUT2D eigenvalue weighted by molar-refractivity contribution is 0.0963. The van der Waals surface area contributed by atoms with Gasteiger partial charge < -0.3 is 14.7 Å². The Morgan fingerprint density at radius 2 is 2.06 bits per heavy atom. The Kier molecular flexibility index (Phi) is 6.90. The Labute approximate surface area is 190 Å². The summed E-state index contributed by atoms with van der Waals surface area (Å²) in [5.74, 6) is -0.0920. The normalized spacial score (nSPS) is 16.0. The number of likely N-dealkylation sites (N-methyl/N-ethyl adjacent to an activating group) is 1. The summed E-state index contributed by atoms with van der Waals surface area (Å²) in [4.78, 5) is 21.4. The van der Waals surface area contributed by atoms with Crippen LogP contribution in [0.3, 0.4) is 0 Å². The first-order valence-electron chi connectivity index (χ1n) is 10.9. The van der Waals surface area contributed by atoms with Gasteiger partial charge in [0.1, 0.15) is 17.6 Å². The number of carbonyl (C=O) groups is 1. The molecule has 33 heavy (non-hydrogen) atoms. The van der Waals surface area contributed by atoms with E-state index < -0.39 is 18.0 Å². The van der Waals surface area contributed by atoms with E-state index in [0.717, 1.165) is 19.6 Å². The highest BCUT2D eigenvalue weighted by molar-refractivity contribution is 5.90. The highest BCUT2D eigenvalue weighted by Gasteiger charge is 2.32. The third-order valence-electron chi connectivity index (χ3n) is 5.61. The topological polar surface area (TPSA) is 110 Å². The average molecular weight is 455 g/mol. The lowest BCUT2D eigenvalue weighted by atomic mass is 10.1. The van der Waals surface area contributed by atoms with Gasteiger partial charge in [-0.05, 0) is 42.6 Å². The number of hydrogen-bond donors (Lipinski definition) is 1. The summed E-state index contributed by atoms with van der Waals surface area (Å²) >= 11 is 0. The van der Waals surface area contributed by atoms with Gasteiger partial charge in [-0.25, -0.2) is 9.18 Å². The summed E-state index contributed by atoms with van der Waals surface area (Å²) in [5, 5.41) is 21.7. The number of aliphatic hydroxyl groups is 1. The van der Waals surface area contributed by atoms with Gasteiger partial charge in [0.15, 0.2) is 0 Å². The molecule has 0 bridgehead atoms. The second-order valence-electron chi connectivity index (χ2n) is 7.63. The first-order chi connectivity index (χ1) is 16.0. The second-order valence-corrected chi connectivity index (χ2v) is 7.63. The summed E-state index contributed by atoms with van der Waals surface area (Å²) in [5.41, 5.74) is 1.83. The van der Waals surface area contributed by atoms with Crippen LogP contribution in [-0.2, 0) is 11.3 Å². The van der Waals surface area contributed by atoms with Crippen LogP contribution in [0.4, 0.5) is 14.9 Å². The fourth-order valence-corrected chi connectivity index (χ4v) is 3.63. The molecule has 10 nitrogen and oxygen atoms in total. The highest BCUT2D eigenvalue weighted by Crippen LogP contribution is 2.29. The maximum atomic E-state index is 14.8. The van der Waals surface area contributed by atoms with Crippen LogP contribution in [0, 0.1) is 5.82 Å². The molecule has 3 heterocycles. The van der Waals surface area contributed by atoms with E-state index in [1.807, 2.05) is 0 Å². The quantitative estimate of drug-likeness (QED) is 0.523. The number of anilines is 1. The van der Waals surface area contributed by atoms with E-state index in [1.54, 1.807) is 35.3 Å². The van der Waals surface area contributed by atoms with Crippen molar-refractivity contribution in [3.05, 3.63) is 42.3 Å². The molecule has 0 saturated carbocycles. The molecule has 1 amide bonds. The summed E-state index contributed by atoms with van der Waals surface area (Å²) in [7, 11) is 0. The third kappa shape index (κ3) is 4.99. The molecule has 1 atom stereocenters. The van der Waals surface area contributed by atoms with Crippen molar-refractivity contribution in [3.63, 3.8) is 0 Å². The molecule has 0 aliphatic carbocycles. The number of carbonyl (C=O) groups excluding carboxylic acids is 1. The molecule has 1 aromatic carbocycles. The Hall–Kier alpha value is -3.44. The van der Waals surface area contributed by atoms with Gasteiger partial charge in [0.25, 0.3) is 0 Å². The van der Waals surface area contributed by atoms with Crippen LogP contribution in [0.1, 0.15) is 13.8 Å². The molecule has 0 radical (unpaired) electrons. The first kappa shape index (κ1) is 22.7. The molecule has 4 rings (SSSR count). The summed E-state index contributed by atoms with van der Waals surface area (Å²) in [6.45, 7) is 7.51.